The molecule has 0 bridgehead atoms. The molecule has 1 N–H and O–H groups in total. The van der Waals surface area contributed by atoms with E-state index in [2.05, 4.69) is 9.62 Å². The first-order valence-electron chi connectivity index (χ1n) is 13.1. The number of nitrogens with zero attached hydrogens (tertiary/aromatic N) is 3. The zero-order valence-electron chi connectivity index (χ0n) is 22.7. The van der Waals surface area contributed by atoms with Gasteiger partial charge in [0.25, 0.3) is 0 Å². The number of halogens is 1. The number of ether oxygens (including phenoxy) is 1. The second-order valence-corrected chi connectivity index (χ2v) is 12.2. The number of sulfonamides is 1. The van der Waals surface area contributed by atoms with Crippen LogP contribution in [-0.4, -0.2) is 74.8 Å². The summed E-state index contributed by atoms with van der Waals surface area (Å²) >= 11 is 6.13. The van der Waals surface area contributed by atoms with E-state index in [0.717, 1.165) is 36.0 Å². The lowest BCUT2D eigenvalue weighted by atomic mass is 9.98. The van der Waals surface area contributed by atoms with Crippen LogP contribution in [-0.2, 0) is 26.1 Å². The first-order valence-corrected chi connectivity index (χ1v) is 15.4. The topological polar surface area (TPSA) is 114 Å². The van der Waals surface area contributed by atoms with Crippen LogP contribution in [0.5, 0.6) is 0 Å². The molecule has 0 aliphatic carbocycles. The second kappa shape index (κ2) is 12.1. The first-order chi connectivity index (χ1) is 19.6. The van der Waals surface area contributed by atoms with E-state index >= 15 is 0 Å². The lowest BCUT2D eigenvalue weighted by Crippen LogP contribution is -2.44. The molecule has 1 unspecified atom stereocenters. The first kappa shape index (κ1) is 28.9. The summed E-state index contributed by atoms with van der Waals surface area (Å²) in [5.41, 5.74) is 3.77. The highest BCUT2D eigenvalue weighted by Gasteiger charge is 2.27. The molecular weight excluding hydrogens is 568 g/mol. The average molecular weight is 599 g/mol. The number of benzene rings is 3. The zero-order chi connectivity index (χ0) is 29.1. The number of amides is 1. The van der Waals surface area contributed by atoms with E-state index < -0.39 is 15.8 Å². The van der Waals surface area contributed by atoms with E-state index in [1.54, 1.807) is 42.3 Å². The summed E-state index contributed by atoms with van der Waals surface area (Å²) in [7, 11) is -1.73. The van der Waals surface area contributed by atoms with Gasteiger partial charge in [-0.1, -0.05) is 54.1 Å². The van der Waals surface area contributed by atoms with Crippen molar-refractivity contribution in [3.63, 3.8) is 0 Å². The minimum absolute atomic E-state index is 0.203. The molecule has 41 heavy (non-hydrogen) atoms. The summed E-state index contributed by atoms with van der Waals surface area (Å²) in [6.07, 6.45) is 1.12. The largest absolute Gasteiger partial charge is 0.420 e. The molecule has 1 aliphatic heterocycles. The quantitative estimate of drug-likeness (QED) is 0.312. The van der Waals surface area contributed by atoms with Crippen molar-refractivity contribution in [2.45, 2.75) is 12.6 Å². The highest BCUT2D eigenvalue weighted by Crippen LogP contribution is 2.31. The third-order valence-corrected chi connectivity index (χ3v) is 7.97. The molecule has 10 nitrogen and oxygen atoms in total. The van der Waals surface area contributed by atoms with Crippen LogP contribution in [0.25, 0.3) is 22.2 Å². The van der Waals surface area contributed by atoms with Crippen molar-refractivity contribution >= 4 is 44.3 Å². The van der Waals surface area contributed by atoms with Gasteiger partial charge < -0.3 is 14.1 Å². The molecule has 216 valence electrons. The van der Waals surface area contributed by atoms with Gasteiger partial charge in [0.1, 0.15) is 6.54 Å². The van der Waals surface area contributed by atoms with Crippen LogP contribution >= 0.6 is 11.6 Å². The molecule has 2 heterocycles. The van der Waals surface area contributed by atoms with Gasteiger partial charge >= 0.3 is 5.76 Å². The summed E-state index contributed by atoms with van der Waals surface area (Å²) in [4.78, 5) is 30.1. The normalized spacial score (nSPS) is 15.1. The number of morpholine rings is 1. The maximum Gasteiger partial charge on any atom is 0.420 e. The number of hydrogen-bond acceptors (Lipinski definition) is 7. The molecule has 1 atom stereocenters. The van der Waals surface area contributed by atoms with E-state index in [-0.39, 0.29) is 18.5 Å². The van der Waals surface area contributed by atoms with Crippen molar-refractivity contribution in [3.8, 4) is 11.1 Å². The van der Waals surface area contributed by atoms with Gasteiger partial charge in [0.05, 0.1) is 36.7 Å². The predicted molar refractivity (Wildman–Crippen MR) is 159 cm³/mol. The molecular formula is C29H31ClN4O6S. The Bertz CT molecular complexity index is 1710. The van der Waals surface area contributed by atoms with E-state index in [1.165, 1.54) is 4.57 Å². The molecule has 0 spiro atoms. The Morgan fingerprint density at radius 1 is 1.07 bits per heavy atom. The maximum absolute atomic E-state index is 13.6. The number of nitrogens with one attached hydrogen (secondary N) is 1. The second-order valence-electron chi connectivity index (χ2n) is 10.0. The molecule has 1 aliphatic rings. The monoisotopic (exact) mass is 598 g/mol. The minimum Gasteiger partial charge on any atom is -0.408 e. The van der Waals surface area contributed by atoms with Crippen molar-refractivity contribution in [3.05, 3.63) is 87.9 Å². The Labute approximate surface area is 243 Å². The summed E-state index contributed by atoms with van der Waals surface area (Å²) in [5, 5.41) is 0.437. The number of aromatic nitrogens is 1. The number of carbonyl (C=O) groups is 1. The molecule has 12 heteroatoms. The average Bonchev–Trinajstić information content (AvgIpc) is 3.25. The Hall–Kier alpha value is -3.64. The zero-order valence-corrected chi connectivity index (χ0v) is 24.3. The van der Waals surface area contributed by atoms with E-state index in [1.807, 2.05) is 36.4 Å². The molecule has 1 fully saturated rings. The number of carbonyl (C=O) groups excluding carboxylic acids is 1. The number of rotatable bonds is 9. The lowest BCUT2D eigenvalue weighted by Gasteiger charge is -2.35. The van der Waals surface area contributed by atoms with Crippen LogP contribution in [0.1, 0.15) is 11.6 Å². The molecule has 5 rings (SSSR count). The fourth-order valence-corrected chi connectivity index (χ4v) is 5.74. The van der Waals surface area contributed by atoms with Crippen molar-refractivity contribution in [1.82, 2.24) is 14.4 Å². The van der Waals surface area contributed by atoms with Crippen LogP contribution in [0.15, 0.2) is 75.9 Å². The Balaban J connectivity index is 1.43. The molecule has 4 aromatic rings. The van der Waals surface area contributed by atoms with E-state index in [9.17, 15) is 18.0 Å². The standard InChI is InChI=1S/C29H31ClN4O6S/c1-32(28(35)19-34-25-17-22(30)11-12-27(25)40-29(34)36)26(18-33-13-15-39-16-14-33)21-9-7-20(8-10-21)23-5-3-4-6-24(23)31-41(2,37)38/h3-12,17,26,31H,13-16,18-19H2,1-2H3. The number of hydrogen-bond donors (Lipinski definition) is 1. The summed E-state index contributed by atoms with van der Waals surface area (Å²) in [6, 6.07) is 19.4. The van der Waals surface area contributed by atoms with Crippen LogP contribution in [0, 0.1) is 0 Å². The lowest BCUT2D eigenvalue weighted by molar-refractivity contribution is -0.133. The third kappa shape index (κ3) is 6.82. The summed E-state index contributed by atoms with van der Waals surface area (Å²) < 4.78 is 38.4. The van der Waals surface area contributed by atoms with Gasteiger partial charge in [0, 0.05) is 37.3 Å². The van der Waals surface area contributed by atoms with Crippen molar-refractivity contribution in [2.75, 3.05) is 50.9 Å². The van der Waals surface area contributed by atoms with Gasteiger partial charge in [-0.25, -0.2) is 13.2 Å². The number of likely N-dealkylation sites (N-methyl/N-ethyl adjacent to an activating group) is 1. The number of para-hydroxylation sites is 1. The van der Waals surface area contributed by atoms with Gasteiger partial charge in [-0.3, -0.25) is 19.0 Å². The Kier molecular flexibility index (Phi) is 8.50. The molecule has 0 radical (unpaired) electrons. The van der Waals surface area contributed by atoms with Crippen LogP contribution in [0.4, 0.5) is 5.69 Å². The van der Waals surface area contributed by atoms with Crippen LogP contribution < -0.4 is 10.5 Å². The van der Waals surface area contributed by atoms with Crippen LogP contribution in [0.2, 0.25) is 5.02 Å². The van der Waals surface area contributed by atoms with Gasteiger partial charge in [-0.15, -0.1) is 0 Å². The predicted octanol–water partition coefficient (Wildman–Crippen LogP) is 3.82. The summed E-state index contributed by atoms with van der Waals surface area (Å²) in [5.74, 6) is -0.890. The highest BCUT2D eigenvalue weighted by molar-refractivity contribution is 7.92. The van der Waals surface area contributed by atoms with Crippen molar-refractivity contribution in [1.29, 1.82) is 0 Å². The minimum atomic E-state index is -3.46. The number of fused-ring (bicyclic) bond motifs is 1. The van der Waals surface area contributed by atoms with Crippen LogP contribution in [0.3, 0.4) is 0 Å². The van der Waals surface area contributed by atoms with Gasteiger partial charge in [-0.05, 0) is 35.4 Å². The maximum atomic E-state index is 13.6. The van der Waals surface area contributed by atoms with Gasteiger partial charge in [0.2, 0.25) is 15.9 Å². The Morgan fingerprint density at radius 3 is 2.49 bits per heavy atom. The third-order valence-electron chi connectivity index (χ3n) is 7.15. The number of oxazole rings is 1. The van der Waals surface area contributed by atoms with E-state index in [0.29, 0.717) is 41.6 Å². The highest BCUT2D eigenvalue weighted by atomic mass is 35.5. The summed E-state index contributed by atoms with van der Waals surface area (Å²) in [6.45, 7) is 3.08. The van der Waals surface area contributed by atoms with Crippen molar-refractivity contribution < 1.29 is 22.4 Å². The molecule has 1 amide bonds. The van der Waals surface area contributed by atoms with E-state index in [4.69, 9.17) is 20.8 Å². The SMILES string of the molecule is CN(C(=O)Cn1c(=O)oc2ccc(Cl)cc21)C(CN1CCOCC1)c1ccc(-c2ccccc2NS(C)(=O)=O)cc1. The number of anilines is 1. The molecule has 3 aromatic carbocycles. The van der Waals surface area contributed by atoms with Gasteiger partial charge in [-0.2, -0.15) is 0 Å². The smallest absolute Gasteiger partial charge is 0.408 e. The van der Waals surface area contributed by atoms with Crippen molar-refractivity contribution in [2.24, 2.45) is 0 Å². The fourth-order valence-electron chi connectivity index (χ4n) is 4.99. The molecule has 1 saturated heterocycles. The fraction of sp³-hybridized carbons (Fsp3) is 0.310. The Morgan fingerprint density at radius 2 is 1.78 bits per heavy atom. The molecule has 0 saturated carbocycles. The molecule has 1 aromatic heterocycles. The van der Waals surface area contributed by atoms with Gasteiger partial charge in [0.15, 0.2) is 5.58 Å².